The Morgan fingerprint density at radius 1 is 1.33 bits per heavy atom. The van der Waals surface area contributed by atoms with Crippen molar-refractivity contribution in [1.82, 2.24) is 10.6 Å². The van der Waals surface area contributed by atoms with Crippen molar-refractivity contribution < 1.29 is 19.4 Å². The summed E-state index contributed by atoms with van der Waals surface area (Å²) >= 11 is 0. The van der Waals surface area contributed by atoms with Gasteiger partial charge in [0.15, 0.2) is 0 Å². The number of carboxylic acids is 1. The molecule has 3 N–H and O–H groups in total. The van der Waals surface area contributed by atoms with E-state index in [2.05, 4.69) is 10.6 Å². The van der Waals surface area contributed by atoms with Gasteiger partial charge >= 0.3 is 5.97 Å². The first-order chi connectivity index (χ1) is 9.71. The standard InChI is InChI=1S/C15H28N2O4/c1-14(2,3)11(9-12(18)19)17-13(20)15(10-21-4)5-7-16-8-6-15/h11,16H,5-10H2,1-4H3,(H,17,20)(H,18,19). The average Bonchev–Trinajstić information content (AvgIpc) is 2.37. The van der Waals surface area contributed by atoms with Gasteiger partial charge in [-0.3, -0.25) is 9.59 Å². The number of methoxy groups -OCH3 is 1. The number of ether oxygens (including phenoxy) is 1. The molecule has 1 fully saturated rings. The Kier molecular flexibility index (Phi) is 6.16. The Hall–Kier alpha value is -1.14. The monoisotopic (exact) mass is 300 g/mol. The van der Waals surface area contributed by atoms with Crippen molar-refractivity contribution in [3.63, 3.8) is 0 Å². The first kappa shape index (κ1) is 17.9. The van der Waals surface area contributed by atoms with Gasteiger partial charge in [-0.05, 0) is 31.3 Å². The van der Waals surface area contributed by atoms with Crippen molar-refractivity contribution in [2.45, 2.75) is 46.1 Å². The highest BCUT2D eigenvalue weighted by atomic mass is 16.5. The fraction of sp³-hybridized carbons (Fsp3) is 0.867. The van der Waals surface area contributed by atoms with Crippen LogP contribution < -0.4 is 10.6 Å². The Balaban J connectivity index is 2.84. The molecule has 122 valence electrons. The van der Waals surface area contributed by atoms with E-state index >= 15 is 0 Å². The van der Waals surface area contributed by atoms with E-state index in [0.717, 1.165) is 13.1 Å². The summed E-state index contributed by atoms with van der Waals surface area (Å²) in [6.45, 7) is 7.72. The summed E-state index contributed by atoms with van der Waals surface area (Å²) in [5.74, 6) is -0.992. The van der Waals surface area contributed by atoms with E-state index in [9.17, 15) is 9.59 Å². The highest BCUT2D eigenvalue weighted by Gasteiger charge is 2.41. The third-order valence-electron chi connectivity index (χ3n) is 4.19. The maximum absolute atomic E-state index is 12.7. The Labute approximate surface area is 126 Å². The van der Waals surface area contributed by atoms with Gasteiger partial charge in [-0.1, -0.05) is 20.8 Å². The van der Waals surface area contributed by atoms with Crippen LogP contribution >= 0.6 is 0 Å². The van der Waals surface area contributed by atoms with E-state index in [1.165, 1.54) is 0 Å². The fourth-order valence-electron chi connectivity index (χ4n) is 2.68. The first-order valence-electron chi connectivity index (χ1n) is 7.44. The zero-order chi connectivity index (χ0) is 16.1. The molecule has 1 unspecified atom stereocenters. The largest absolute Gasteiger partial charge is 0.481 e. The molecule has 0 bridgehead atoms. The number of nitrogens with one attached hydrogen (secondary N) is 2. The van der Waals surface area contributed by atoms with Gasteiger partial charge in [0.05, 0.1) is 18.4 Å². The van der Waals surface area contributed by atoms with Gasteiger partial charge in [0.1, 0.15) is 0 Å². The number of piperidine rings is 1. The summed E-state index contributed by atoms with van der Waals surface area (Å²) in [5, 5.41) is 15.2. The van der Waals surface area contributed by atoms with Crippen LogP contribution in [-0.4, -0.2) is 49.8 Å². The third kappa shape index (κ3) is 4.97. The van der Waals surface area contributed by atoms with E-state index in [-0.39, 0.29) is 17.7 Å². The molecule has 1 heterocycles. The van der Waals surface area contributed by atoms with Crippen molar-refractivity contribution in [2.24, 2.45) is 10.8 Å². The van der Waals surface area contributed by atoms with Gasteiger partial charge in [0.2, 0.25) is 5.91 Å². The molecule has 21 heavy (non-hydrogen) atoms. The van der Waals surface area contributed by atoms with Gasteiger partial charge < -0.3 is 20.5 Å². The van der Waals surface area contributed by atoms with Gasteiger partial charge in [-0.15, -0.1) is 0 Å². The van der Waals surface area contributed by atoms with Crippen LogP contribution in [-0.2, 0) is 14.3 Å². The van der Waals surface area contributed by atoms with E-state index in [1.807, 2.05) is 20.8 Å². The van der Waals surface area contributed by atoms with Gasteiger partial charge in [0, 0.05) is 13.2 Å². The lowest BCUT2D eigenvalue weighted by Crippen LogP contribution is -2.55. The highest BCUT2D eigenvalue weighted by molar-refractivity contribution is 5.84. The smallest absolute Gasteiger partial charge is 0.305 e. The van der Waals surface area contributed by atoms with Crippen LogP contribution in [0.25, 0.3) is 0 Å². The molecule has 1 saturated heterocycles. The molecule has 0 aromatic heterocycles. The number of carbonyl (C=O) groups is 2. The number of carbonyl (C=O) groups excluding carboxylic acids is 1. The summed E-state index contributed by atoms with van der Waals surface area (Å²) in [6, 6.07) is -0.397. The molecule has 1 aliphatic rings. The van der Waals surface area contributed by atoms with Crippen molar-refractivity contribution >= 4 is 11.9 Å². The van der Waals surface area contributed by atoms with Crippen molar-refractivity contribution in [2.75, 3.05) is 26.8 Å². The molecule has 1 rings (SSSR count). The molecular formula is C15H28N2O4. The lowest BCUT2D eigenvalue weighted by Gasteiger charge is -2.39. The second-order valence-corrected chi connectivity index (χ2v) is 6.95. The number of hydrogen-bond donors (Lipinski definition) is 3. The zero-order valence-corrected chi connectivity index (χ0v) is 13.5. The lowest BCUT2D eigenvalue weighted by atomic mass is 9.77. The van der Waals surface area contributed by atoms with Crippen LogP contribution in [0.2, 0.25) is 0 Å². The van der Waals surface area contributed by atoms with Gasteiger partial charge in [-0.2, -0.15) is 0 Å². The SMILES string of the molecule is COCC1(C(=O)NC(CC(=O)O)C(C)(C)C)CCNCC1. The summed E-state index contributed by atoms with van der Waals surface area (Å²) in [4.78, 5) is 23.8. The summed E-state index contributed by atoms with van der Waals surface area (Å²) < 4.78 is 5.25. The van der Waals surface area contributed by atoms with Crippen LogP contribution in [0.5, 0.6) is 0 Å². The lowest BCUT2D eigenvalue weighted by molar-refractivity contribution is -0.141. The van der Waals surface area contributed by atoms with Crippen molar-refractivity contribution in [3.8, 4) is 0 Å². The molecule has 0 aromatic carbocycles. The minimum Gasteiger partial charge on any atom is -0.481 e. The molecule has 0 aromatic rings. The maximum Gasteiger partial charge on any atom is 0.305 e. The highest BCUT2D eigenvalue weighted by Crippen LogP contribution is 2.31. The van der Waals surface area contributed by atoms with Crippen molar-refractivity contribution in [3.05, 3.63) is 0 Å². The minimum absolute atomic E-state index is 0.0729. The number of aliphatic carboxylic acids is 1. The minimum atomic E-state index is -0.902. The van der Waals surface area contributed by atoms with E-state index < -0.39 is 17.4 Å². The second kappa shape index (κ2) is 7.22. The quantitative estimate of drug-likeness (QED) is 0.681. The van der Waals surface area contributed by atoms with Crippen LogP contribution in [0.15, 0.2) is 0 Å². The number of hydrogen-bond acceptors (Lipinski definition) is 4. The number of carboxylic acid groups (broad SMARTS) is 1. The first-order valence-corrected chi connectivity index (χ1v) is 7.44. The third-order valence-corrected chi connectivity index (χ3v) is 4.19. The summed E-state index contributed by atoms with van der Waals surface area (Å²) in [7, 11) is 1.59. The molecule has 0 saturated carbocycles. The Morgan fingerprint density at radius 3 is 2.33 bits per heavy atom. The molecule has 0 spiro atoms. The van der Waals surface area contributed by atoms with E-state index in [1.54, 1.807) is 7.11 Å². The Morgan fingerprint density at radius 2 is 1.90 bits per heavy atom. The molecule has 1 amide bonds. The van der Waals surface area contributed by atoms with Crippen LogP contribution in [0.4, 0.5) is 0 Å². The Bertz CT molecular complexity index is 365. The molecule has 6 nitrogen and oxygen atoms in total. The van der Waals surface area contributed by atoms with E-state index in [0.29, 0.717) is 19.4 Å². The fourth-order valence-corrected chi connectivity index (χ4v) is 2.68. The predicted molar refractivity (Wildman–Crippen MR) is 80.1 cm³/mol. The molecule has 1 aliphatic heterocycles. The maximum atomic E-state index is 12.7. The predicted octanol–water partition coefficient (Wildman–Crippen LogP) is 1.01. The number of rotatable bonds is 6. The summed E-state index contributed by atoms with van der Waals surface area (Å²) in [6.07, 6.45) is 1.34. The van der Waals surface area contributed by atoms with Crippen molar-refractivity contribution in [1.29, 1.82) is 0 Å². The molecule has 1 atom stereocenters. The molecular weight excluding hydrogens is 272 g/mol. The molecule has 0 aliphatic carbocycles. The van der Waals surface area contributed by atoms with Crippen LogP contribution in [0, 0.1) is 10.8 Å². The topological polar surface area (TPSA) is 87.7 Å². The van der Waals surface area contributed by atoms with Crippen LogP contribution in [0.3, 0.4) is 0 Å². The second-order valence-electron chi connectivity index (χ2n) is 6.95. The van der Waals surface area contributed by atoms with Gasteiger partial charge in [0.25, 0.3) is 0 Å². The van der Waals surface area contributed by atoms with Gasteiger partial charge in [-0.25, -0.2) is 0 Å². The molecule has 6 heteroatoms. The average molecular weight is 300 g/mol. The zero-order valence-electron chi connectivity index (χ0n) is 13.5. The summed E-state index contributed by atoms with van der Waals surface area (Å²) in [5.41, 5.74) is -0.864. The normalized spacial score (nSPS) is 19.8. The van der Waals surface area contributed by atoms with Crippen LogP contribution in [0.1, 0.15) is 40.0 Å². The number of amides is 1. The molecule has 0 radical (unpaired) electrons. The van der Waals surface area contributed by atoms with E-state index in [4.69, 9.17) is 9.84 Å².